The minimum atomic E-state index is -0.128. The Morgan fingerprint density at radius 2 is 1.75 bits per heavy atom. The van der Waals surface area contributed by atoms with E-state index in [1.54, 1.807) is 12.4 Å². The predicted octanol–water partition coefficient (Wildman–Crippen LogP) is 3.93. The van der Waals surface area contributed by atoms with Crippen molar-refractivity contribution in [1.29, 1.82) is 0 Å². The van der Waals surface area contributed by atoms with Crippen LogP contribution in [-0.2, 0) is 0 Å². The van der Waals surface area contributed by atoms with Crippen LogP contribution in [-0.4, -0.2) is 50.3 Å². The van der Waals surface area contributed by atoms with Crippen molar-refractivity contribution in [3.05, 3.63) is 72.1 Å². The molecule has 1 aliphatic heterocycles. The predicted molar refractivity (Wildman–Crippen MR) is 119 cm³/mol. The van der Waals surface area contributed by atoms with Gasteiger partial charge in [0.05, 0.1) is 30.2 Å². The van der Waals surface area contributed by atoms with E-state index in [9.17, 15) is 9.59 Å². The zero-order chi connectivity index (χ0) is 22.1. The number of amides is 1. The van der Waals surface area contributed by atoms with Crippen molar-refractivity contribution in [2.75, 3.05) is 6.54 Å². The van der Waals surface area contributed by atoms with Crippen LogP contribution < -0.4 is 4.74 Å². The highest BCUT2D eigenvalue weighted by Crippen LogP contribution is 2.33. The second-order valence-corrected chi connectivity index (χ2v) is 8.63. The quantitative estimate of drug-likeness (QED) is 0.554. The summed E-state index contributed by atoms with van der Waals surface area (Å²) in [4.78, 5) is 29.2. The molecular weight excluding hydrogens is 404 g/mol. The monoisotopic (exact) mass is 430 g/mol. The second kappa shape index (κ2) is 8.57. The highest BCUT2D eigenvalue weighted by Gasteiger charge is 2.33. The molecule has 1 saturated heterocycles. The number of nitrogens with zero attached hydrogens (tertiary/aromatic N) is 4. The molecule has 5 rings (SSSR count). The summed E-state index contributed by atoms with van der Waals surface area (Å²) in [6, 6.07) is 14.9. The zero-order valence-electron chi connectivity index (χ0n) is 18.1. The summed E-state index contributed by atoms with van der Waals surface area (Å²) < 4.78 is 6.24. The number of aromatic nitrogens is 3. The summed E-state index contributed by atoms with van der Waals surface area (Å²) in [6.07, 6.45) is 6.73. The molecule has 2 unspecified atom stereocenters. The molecular formula is C25H26N4O3. The highest BCUT2D eigenvalue weighted by molar-refractivity contribution is 5.99. The van der Waals surface area contributed by atoms with Crippen molar-refractivity contribution >= 4 is 11.7 Å². The van der Waals surface area contributed by atoms with E-state index in [1.807, 2.05) is 53.4 Å². The number of carbonyl (C=O) groups excluding carboxylic acids is 2. The van der Waals surface area contributed by atoms with Gasteiger partial charge in [-0.3, -0.25) is 9.59 Å². The van der Waals surface area contributed by atoms with E-state index >= 15 is 0 Å². The smallest absolute Gasteiger partial charge is 0.256 e. The second-order valence-electron chi connectivity index (χ2n) is 8.63. The van der Waals surface area contributed by atoms with Gasteiger partial charge in [-0.1, -0.05) is 24.3 Å². The van der Waals surface area contributed by atoms with Gasteiger partial charge in [0.25, 0.3) is 5.91 Å². The van der Waals surface area contributed by atoms with Crippen LogP contribution in [0.15, 0.2) is 60.9 Å². The number of likely N-dealkylation sites (tertiary alicyclic amines) is 1. The molecule has 2 aliphatic rings. The lowest BCUT2D eigenvalue weighted by atomic mass is 9.99. The van der Waals surface area contributed by atoms with Gasteiger partial charge in [-0.25, -0.2) is 0 Å². The van der Waals surface area contributed by atoms with Crippen LogP contribution in [0.5, 0.6) is 5.75 Å². The summed E-state index contributed by atoms with van der Waals surface area (Å²) in [7, 11) is 0. The van der Waals surface area contributed by atoms with Crippen LogP contribution in [0.4, 0.5) is 0 Å². The lowest BCUT2D eigenvalue weighted by Crippen LogP contribution is -2.49. The fourth-order valence-corrected chi connectivity index (χ4v) is 4.27. The largest absolute Gasteiger partial charge is 0.489 e. The first-order chi connectivity index (χ1) is 15.6. The summed E-state index contributed by atoms with van der Waals surface area (Å²) in [5, 5.41) is 8.37. The number of piperidine rings is 1. The van der Waals surface area contributed by atoms with Crippen molar-refractivity contribution in [3.8, 4) is 11.4 Å². The van der Waals surface area contributed by atoms with Gasteiger partial charge in [0.1, 0.15) is 11.9 Å². The molecule has 0 radical (unpaired) electrons. The Bertz CT molecular complexity index is 1120. The van der Waals surface area contributed by atoms with Gasteiger partial charge < -0.3 is 9.64 Å². The maximum Gasteiger partial charge on any atom is 0.256 e. The number of benzene rings is 2. The minimum absolute atomic E-state index is 0.0589. The number of hydrogen-bond donors (Lipinski definition) is 0. The Labute approximate surface area is 187 Å². The van der Waals surface area contributed by atoms with Crippen LogP contribution >= 0.6 is 0 Å². The molecule has 32 heavy (non-hydrogen) atoms. The zero-order valence-corrected chi connectivity index (χ0v) is 18.1. The van der Waals surface area contributed by atoms with Crippen molar-refractivity contribution in [1.82, 2.24) is 19.9 Å². The molecule has 2 heterocycles. The van der Waals surface area contributed by atoms with Crippen molar-refractivity contribution in [2.45, 2.75) is 44.8 Å². The SMILES string of the molecule is CC1CCC(Oc2cccc(C(=O)C3CC3)c2)CN1C(=O)c1ccccc1-n1nccn1. The summed E-state index contributed by atoms with van der Waals surface area (Å²) in [5.41, 5.74) is 1.93. The van der Waals surface area contributed by atoms with E-state index in [1.165, 1.54) is 4.80 Å². The summed E-state index contributed by atoms with van der Waals surface area (Å²) >= 11 is 0. The van der Waals surface area contributed by atoms with E-state index in [0.29, 0.717) is 29.1 Å². The number of rotatable bonds is 6. The molecule has 164 valence electrons. The van der Waals surface area contributed by atoms with E-state index in [0.717, 1.165) is 25.7 Å². The molecule has 0 spiro atoms. The fraction of sp³-hybridized carbons (Fsp3) is 0.360. The van der Waals surface area contributed by atoms with Crippen molar-refractivity contribution in [3.63, 3.8) is 0 Å². The Balaban J connectivity index is 1.33. The highest BCUT2D eigenvalue weighted by atomic mass is 16.5. The third-order valence-corrected chi connectivity index (χ3v) is 6.24. The molecule has 1 amide bonds. The Kier molecular flexibility index (Phi) is 5.47. The first kappa shape index (κ1) is 20.4. The molecule has 7 nitrogen and oxygen atoms in total. The number of ketones is 1. The lowest BCUT2D eigenvalue weighted by Gasteiger charge is -2.38. The average molecular weight is 431 g/mol. The molecule has 1 aliphatic carbocycles. The maximum absolute atomic E-state index is 13.5. The molecule has 2 fully saturated rings. The van der Waals surface area contributed by atoms with Crippen LogP contribution in [0.3, 0.4) is 0 Å². The Hall–Kier alpha value is -3.48. The minimum Gasteiger partial charge on any atom is -0.489 e. The third-order valence-electron chi connectivity index (χ3n) is 6.24. The van der Waals surface area contributed by atoms with Gasteiger partial charge in [0.15, 0.2) is 5.78 Å². The molecule has 1 aromatic heterocycles. The standard InChI is InChI=1S/C25H26N4O3/c1-17-9-12-21(32-20-6-4-5-19(15-20)24(30)18-10-11-18)16-28(17)25(31)22-7-2-3-8-23(22)29-26-13-14-27-29/h2-8,13-15,17-18,21H,9-12,16H2,1H3. The number of carbonyl (C=O) groups is 2. The number of hydrogen-bond acceptors (Lipinski definition) is 5. The van der Waals surface area contributed by atoms with Gasteiger partial charge >= 0.3 is 0 Å². The van der Waals surface area contributed by atoms with Gasteiger partial charge in [-0.05, 0) is 56.9 Å². The molecule has 0 N–H and O–H groups in total. The van der Waals surface area contributed by atoms with E-state index in [2.05, 4.69) is 17.1 Å². The van der Waals surface area contributed by atoms with Crippen LogP contribution in [0.2, 0.25) is 0 Å². The van der Waals surface area contributed by atoms with Crippen LogP contribution in [0.1, 0.15) is 53.3 Å². The molecule has 0 bridgehead atoms. The number of Topliss-reactive ketones (excluding diaryl/α,β-unsaturated/α-hetero) is 1. The van der Waals surface area contributed by atoms with Gasteiger partial charge in [-0.15, -0.1) is 0 Å². The lowest BCUT2D eigenvalue weighted by molar-refractivity contribution is 0.0384. The fourth-order valence-electron chi connectivity index (χ4n) is 4.27. The normalized spacial score (nSPS) is 20.7. The van der Waals surface area contributed by atoms with E-state index < -0.39 is 0 Å². The van der Waals surface area contributed by atoms with Crippen LogP contribution in [0, 0.1) is 5.92 Å². The Morgan fingerprint density at radius 3 is 2.53 bits per heavy atom. The van der Waals surface area contributed by atoms with Gasteiger partial charge in [-0.2, -0.15) is 15.0 Å². The van der Waals surface area contributed by atoms with Crippen LogP contribution in [0.25, 0.3) is 5.69 Å². The van der Waals surface area contributed by atoms with Crippen molar-refractivity contribution < 1.29 is 14.3 Å². The first-order valence-corrected chi connectivity index (χ1v) is 11.2. The summed E-state index contributed by atoms with van der Waals surface area (Å²) in [5.74, 6) is 1.01. The topological polar surface area (TPSA) is 77.3 Å². The number of ether oxygens (including phenoxy) is 1. The molecule has 2 aromatic carbocycles. The first-order valence-electron chi connectivity index (χ1n) is 11.2. The third kappa shape index (κ3) is 4.15. The molecule has 7 heteroatoms. The summed E-state index contributed by atoms with van der Waals surface area (Å²) in [6.45, 7) is 2.56. The average Bonchev–Trinajstić information content (AvgIpc) is 3.53. The molecule has 1 saturated carbocycles. The number of para-hydroxylation sites is 1. The molecule has 2 atom stereocenters. The maximum atomic E-state index is 13.5. The van der Waals surface area contributed by atoms with Gasteiger partial charge in [0.2, 0.25) is 0 Å². The van der Waals surface area contributed by atoms with Crippen molar-refractivity contribution in [2.24, 2.45) is 5.92 Å². The van der Waals surface area contributed by atoms with Gasteiger partial charge in [0, 0.05) is 17.5 Å². The van der Waals surface area contributed by atoms with E-state index in [4.69, 9.17) is 4.74 Å². The molecule has 3 aromatic rings. The Morgan fingerprint density at radius 1 is 0.969 bits per heavy atom. The van der Waals surface area contributed by atoms with E-state index in [-0.39, 0.29) is 29.8 Å².